The normalized spacial score (nSPS) is 13.5. The maximum absolute atomic E-state index is 12.5. The molecule has 0 radical (unpaired) electrons. The maximum atomic E-state index is 12.5. The van der Waals surface area contributed by atoms with Gasteiger partial charge in [-0.25, -0.2) is 13.1 Å². The highest BCUT2D eigenvalue weighted by Crippen LogP contribution is 2.18. The van der Waals surface area contributed by atoms with Crippen molar-refractivity contribution in [3.05, 3.63) is 64.7 Å². The third kappa shape index (κ3) is 3.89. The van der Waals surface area contributed by atoms with E-state index < -0.39 is 10.0 Å². The summed E-state index contributed by atoms with van der Waals surface area (Å²) in [5.41, 5.74) is 3.71. The third-order valence-corrected chi connectivity index (χ3v) is 5.56. The van der Waals surface area contributed by atoms with E-state index in [9.17, 15) is 13.2 Å². The number of fused-ring (bicyclic) bond motifs is 1. The lowest BCUT2D eigenvalue weighted by molar-refractivity contribution is 0.0827. The second kappa shape index (κ2) is 6.95. The topological polar surface area (TPSA) is 78.5 Å². The average Bonchev–Trinajstić information content (AvgIpc) is 3.07. The van der Waals surface area contributed by atoms with Gasteiger partial charge in [0.05, 0.1) is 4.90 Å². The third-order valence-electron chi connectivity index (χ3n) is 4.17. The van der Waals surface area contributed by atoms with Crippen molar-refractivity contribution in [2.75, 3.05) is 14.1 Å². The minimum Gasteiger partial charge on any atom is -0.345 e. The molecule has 0 aliphatic carbocycles. The van der Waals surface area contributed by atoms with Crippen LogP contribution in [0.3, 0.4) is 0 Å². The predicted octanol–water partition coefficient (Wildman–Crippen LogP) is 1.47. The number of sulfonamides is 1. The summed E-state index contributed by atoms with van der Waals surface area (Å²) in [6, 6.07) is 12.0. The lowest BCUT2D eigenvalue weighted by Crippen LogP contribution is -2.25. The number of carbonyl (C=O) groups is 1. The van der Waals surface area contributed by atoms with Gasteiger partial charge in [0.25, 0.3) is 5.91 Å². The van der Waals surface area contributed by atoms with Crippen molar-refractivity contribution < 1.29 is 13.2 Å². The van der Waals surface area contributed by atoms with Crippen LogP contribution < -0.4 is 10.0 Å². The van der Waals surface area contributed by atoms with Crippen LogP contribution in [0.2, 0.25) is 0 Å². The van der Waals surface area contributed by atoms with Crippen LogP contribution in [0.15, 0.2) is 47.4 Å². The van der Waals surface area contributed by atoms with E-state index in [1.807, 2.05) is 18.2 Å². The molecule has 0 fully saturated rings. The first-order valence-corrected chi connectivity index (χ1v) is 9.48. The molecule has 1 heterocycles. The minimum absolute atomic E-state index is 0.0861. The van der Waals surface area contributed by atoms with Crippen molar-refractivity contribution >= 4 is 15.9 Å². The SMILES string of the molecule is CN(C)C(=O)c1cccc(S(=O)(=O)NCc2ccc3c(c2)CNC3)c1. The Morgan fingerprint density at radius 2 is 1.88 bits per heavy atom. The van der Waals surface area contributed by atoms with Crippen LogP contribution >= 0.6 is 0 Å². The Kier molecular flexibility index (Phi) is 4.89. The lowest BCUT2D eigenvalue weighted by Gasteiger charge is -2.12. The summed E-state index contributed by atoms with van der Waals surface area (Å²) < 4.78 is 27.7. The molecule has 2 aromatic carbocycles. The van der Waals surface area contributed by atoms with Crippen LogP contribution in [0.4, 0.5) is 0 Å². The van der Waals surface area contributed by atoms with Gasteiger partial charge in [-0.15, -0.1) is 0 Å². The van der Waals surface area contributed by atoms with E-state index in [1.165, 1.54) is 28.2 Å². The molecule has 0 bridgehead atoms. The molecule has 3 rings (SSSR count). The first-order valence-electron chi connectivity index (χ1n) is 7.99. The van der Waals surface area contributed by atoms with Gasteiger partial charge in [0.15, 0.2) is 0 Å². The minimum atomic E-state index is -3.69. The number of nitrogens with zero attached hydrogens (tertiary/aromatic N) is 1. The lowest BCUT2D eigenvalue weighted by atomic mass is 10.1. The smallest absolute Gasteiger partial charge is 0.253 e. The van der Waals surface area contributed by atoms with Gasteiger partial charge in [-0.1, -0.05) is 24.3 Å². The monoisotopic (exact) mass is 359 g/mol. The highest BCUT2D eigenvalue weighted by atomic mass is 32.2. The number of benzene rings is 2. The van der Waals surface area contributed by atoms with E-state index in [-0.39, 0.29) is 17.3 Å². The fraction of sp³-hybridized carbons (Fsp3) is 0.278. The summed E-state index contributed by atoms with van der Waals surface area (Å²) in [5.74, 6) is -0.233. The quantitative estimate of drug-likeness (QED) is 0.847. The molecule has 1 aliphatic rings. The number of carbonyl (C=O) groups excluding carboxylic acids is 1. The predicted molar refractivity (Wildman–Crippen MR) is 95.5 cm³/mol. The Balaban J connectivity index is 1.76. The van der Waals surface area contributed by atoms with Gasteiger partial charge < -0.3 is 10.2 Å². The number of hydrogen-bond donors (Lipinski definition) is 2. The van der Waals surface area contributed by atoms with Crippen molar-refractivity contribution in [3.63, 3.8) is 0 Å². The van der Waals surface area contributed by atoms with E-state index in [4.69, 9.17) is 0 Å². The van der Waals surface area contributed by atoms with E-state index in [0.29, 0.717) is 5.56 Å². The zero-order valence-corrected chi connectivity index (χ0v) is 15.1. The molecule has 0 spiro atoms. The first-order chi connectivity index (χ1) is 11.9. The van der Waals surface area contributed by atoms with Crippen LogP contribution in [0.25, 0.3) is 0 Å². The largest absolute Gasteiger partial charge is 0.345 e. The molecule has 1 aliphatic heterocycles. The van der Waals surface area contributed by atoms with Crippen molar-refractivity contribution in [1.82, 2.24) is 14.9 Å². The molecule has 0 saturated heterocycles. The van der Waals surface area contributed by atoms with Gasteiger partial charge in [-0.3, -0.25) is 4.79 Å². The second-order valence-corrected chi connectivity index (χ2v) is 8.03. The van der Waals surface area contributed by atoms with Crippen molar-refractivity contribution in [2.45, 2.75) is 24.5 Å². The zero-order chi connectivity index (χ0) is 18.0. The Morgan fingerprint density at radius 3 is 2.64 bits per heavy atom. The van der Waals surface area contributed by atoms with Crippen LogP contribution in [0.5, 0.6) is 0 Å². The van der Waals surface area contributed by atoms with Crippen molar-refractivity contribution in [2.24, 2.45) is 0 Å². The van der Waals surface area contributed by atoms with Crippen molar-refractivity contribution in [3.8, 4) is 0 Å². The second-order valence-electron chi connectivity index (χ2n) is 6.26. The van der Waals surface area contributed by atoms with Crippen molar-refractivity contribution in [1.29, 1.82) is 0 Å². The molecule has 6 nitrogen and oxygen atoms in total. The summed E-state index contributed by atoms with van der Waals surface area (Å²) in [6.45, 7) is 1.88. The first kappa shape index (κ1) is 17.6. The van der Waals surface area contributed by atoms with E-state index in [1.54, 1.807) is 26.2 Å². The highest BCUT2D eigenvalue weighted by molar-refractivity contribution is 7.89. The van der Waals surface area contributed by atoms with Gasteiger partial charge in [0.2, 0.25) is 10.0 Å². The molecular weight excluding hydrogens is 338 g/mol. The summed E-state index contributed by atoms with van der Waals surface area (Å²) in [6.07, 6.45) is 0. The molecule has 2 N–H and O–H groups in total. The molecule has 132 valence electrons. The van der Waals surface area contributed by atoms with Crippen LogP contribution in [-0.2, 0) is 29.7 Å². The molecule has 0 unspecified atom stereocenters. The van der Waals surface area contributed by atoms with Gasteiger partial charge in [-0.05, 0) is 34.9 Å². The van der Waals surface area contributed by atoms with Crippen LogP contribution in [-0.4, -0.2) is 33.3 Å². The molecule has 0 saturated carbocycles. The Morgan fingerprint density at radius 1 is 1.12 bits per heavy atom. The highest BCUT2D eigenvalue weighted by Gasteiger charge is 2.17. The summed E-state index contributed by atoms with van der Waals surface area (Å²) in [5, 5.41) is 3.26. The average molecular weight is 359 g/mol. The summed E-state index contributed by atoms with van der Waals surface area (Å²) in [4.78, 5) is 13.5. The van der Waals surface area contributed by atoms with Crippen LogP contribution in [0, 0.1) is 0 Å². The number of rotatable bonds is 5. The Hall–Kier alpha value is -2.22. The fourth-order valence-electron chi connectivity index (χ4n) is 2.77. The summed E-state index contributed by atoms with van der Waals surface area (Å²) >= 11 is 0. The standard InChI is InChI=1S/C18H21N3O3S/c1-21(2)18(22)14-4-3-5-17(9-14)25(23,24)20-10-13-6-7-15-11-19-12-16(15)8-13/h3-9,19-20H,10-12H2,1-2H3. The molecule has 0 atom stereocenters. The number of amides is 1. The summed E-state index contributed by atoms with van der Waals surface area (Å²) in [7, 11) is -0.432. The Labute approximate surface area is 147 Å². The molecule has 7 heteroatoms. The number of hydrogen-bond acceptors (Lipinski definition) is 4. The zero-order valence-electron chi connectivity index (χ0n) is 14.2. The number of nitrogens with one attached hydrogen (secondary N) is 2. The molecule has 0 aromatic heterocycles. The molecule has 1 amide bonds. The maximum Gasteiger partial charge on any atom is 0.253 e. The Bertz CT molecular complexity index is 908. The van der Waals surface area contributed by atoms with Gasteiger partial charge >= 0.3 is 0 Å². The molecule has 25 heavy (non-hydrogen) atoms. The van der Waals surface area contributed by atoms with Crippen LogP contribution in [0.1, 0.15) is 27.0 Å². The van der Waals surface area contributed by atoms with E-state index >= 15 is 0 Å². The molecular formula is C18H21N3O3S. The van der Waals surface area contributed by atoms with Gasteiger partial charge in [0, 0.05) is 39.3 Å². The van der Waals surface area contributed by atoms with E-state index in [0.717, 1.165) is 18.7 Å². The van der Waals surface area contributed by atoms with Gasteiger partial charge in [-0.2, -0.15) is 0 Å². The fourth-order valence-corrected chi connectivity index (χ4v) is 3.84. The van der Waals surface area contributed by atoms with E-state index in [2.05, 4.69) is 10.0 Å². The molecule has 2 aromatic rings. The van der Waals surface area contributed by atoms with Gasteiger partial charge in [0.1, 0.15) is 0 Å².